The van der Waals surface area contributed by atoms with Crippen molar-refractivity contribution in [3.8, 4) is 0 Å². The van der Waals surface area contributed by atoms with Gasteiger partial charge in [-0.1, -0.05) is 56.3 Å². The molecule has 2 unspecified atom stereocenters. The second-order valence-electron chi connectivity index (χ2n) is 12.1. The van der Waals surface area contributed by atoms with Crippen LogP contribution in [-0.4, -0.2) is 79.7 Å². The average Bonchev–Trinajstić information content (AvgIpc) is 3.28. The SMILES string of the molecule is COC1C(O[Si](C)(C)C(C)(C)C)[C@@H](CON=C2CCN(C(=O)OCc3ccccc3)CC2)O[C@H]1n1ccc(=O)[nH]c1=O. The van der Waals surface area contributed by atoms with Crippen LogP contribution in [0.1, 0.15) is 45.4 Å². The van der Waals surface area contributed by atoms with Crippen LogP contribution in [0.5, 0.6) is 0 Å². The van der Waals surface area contributed by atoms with E-state index in [1.54, 1.807) is 12.0 Å². The highest BCUT2D eigenvalue weighted by Crippen LogP contribution is 2.41. The first-order valence-corrected chi connectivity index (χ1v) is 17.1. The second-order valence-corrected chi connectivity index (χ2v) is 16.9. The van der Waals surface area contributed by atoms with E-state index in [-0.39, 0.29) is 24.3 Å². The number of piperidine rings is 1. The Balaban J connectivity index is 1.39. The molecule has 2 fully saturated rings. The van der Waals surface area contributed by atoms with Gasteiger partial charge in [0.1, 0.15) is 31.5 Å². The Morgan fingerprint density at radius 3 is 2.40 bits per heavy atom. The minimum atomic E-state index is -2.29. The van der Waals surface area contributed by atoms with E-state index in [9.17, 15) is 14.4 Å². The number of aromatic amines is 1. The third kappa shape index (κ3) is 7.57. The molecule has 2 aliphatic heterocycles. The summed E-state index contributed by atoms with van der Waals surface area (Å²) < 4.78 is 25.6. The van der Waals surface area contributed by atoms with Gasteiger partial charge in [-0.05, 0) is 23.7 Å². The fourth-order valence-corrected chi connectivity index (χ4v) is 5.98. The van der Waals surface area contributed by atoms with Crippen LogP contribution in [0, 0.1) is 0 Å². The maximum absolute atomic E-state index is 12.6. The molecule has 1 amide bonds. The quantitative estimate of drug-likeness (QED) is 0.340. The van der Waals surface area contributed by atoms with Gasteiger partial charge in [-0.15, -0.1) is 0 Å². The topological polar surface area (TPSA) is 134 Å². The van der Waals surface area contributed by atoms with Crippen LogP contribution in [-0.2, 0) is 30.1 Å². The maximum atomic E-state index is 12.6. The van der Waals surface area contributed by atoms with Crippen LogP contribution in [0.3, 0.4) is 0 Å². The number of rotatable bonds is 9. The van der Waals surface area contributed by atoms with Crippen molar-refractivity contribution < 1.29 is 28.3 Å². The first-order valence-electron chi connectivity index (χ1n) is 14.2. The van der Waals surface area contributed by atoms with Crippen molar-refractivity contribution >= 4 is 20.1 Å². The predicted molar refractivity (Wildman–Crippen MR) is 159 cm³/mol. The van der Waals surface area contributed by atoms with Crippen molar-refractivity contribution in [3.05, 3.63) is 69.0 Å². The van der Waals surface area contributed by atoms with E-state index < -0.39 is 44.1 Å². The maximum Gasteiger partial charge on any atom is 0.410 e. The van der Waals surface area contributed by atoms with Crippen molar-refractivity contribution in [3.63, 3.8) is 0 Å². The molecule has 13 heteroatoms. The smallest absolute Gasteiger partial charge is 0.410 e. The number of methoxy groups -OCH3 is 1. The van der Waals surface area contributed by atoms with Gasteiger partial charge in [0.25, 0.3) is 5.56 Å². The van der Waals surface area contributed by atoms with Crippen molar-refractivity contribution in [1.29, 1.82) is 0 Å². The number of H-pyrrole nitrogens is 1. The summed E-state index contributed by atoms with van der Waals surface area (Å²) >= 11 is 0. The summed E-state index contributed by atoms with van der Waals surface area (Å²) in [4.78, 5) is 46.5. The first kappa shape index (κ1) is 31.7. The van der Waals surface area contributed by atoms with E-state index >= 15 is 0 Å². The molecule has 1 N–H and O–H groups in total. The van der Waals surface area contributed by atoms with Crippen molar-refractivity contribution in [2.24, 2.45) is 5.16 Å². The van der Waals surface area contributed by atoms with Crippen molar-refractivity contribution in [1.82, 2.24) is 14.5 Å². The number of nitrogens with one attached hydrogen (secondary N) is 1. The Labute approximate surface area is 246 Å². The van der Waals surface area contributed by atoms with Crippen LogP contribution in [0.2, 0.25) is 18.1 Å². The highest BCUT2D eigenvalue weighted by molar-refractivity contribution is 6.74. The molecular formula is C29H42N4O8Si. The van der Waals surface area contributed by atoms with Gasteiger partial charge in [-0.3, -0.25) is 14.3 Å². The Morgan fingerprint density at radius 1 is 1.10 bits per heavy atom. The second kappa shape index (κ2) is 13.4. The normalized spacial score (nSPS) is 23.1. The molecule has 230 valence electrons. The number of nitrogens with zero attached hydrogens (tertiary/aromatic N) is 3. The molecular weight excluding hydrogens is 560 g/mol. The minimum Gasteiger partial charge on any atom is -0.445 e. The lowest BCUT2D eigenvalue weighted by molar-refractivity contribution is -0.0717. The molecule has 12 nitrogen and oxygen atoms in total. The largest absolute Gasteiger partial charge is 0.445 e. The van der Waals surface area contributed by atoms with Crippen LogP contribution in [0.4, 0.5) is 4.79 Å². The van der Waals surface area contributed by atoms with Gasteiger partial charge in [0.15, 0.2) is 14.5 Å². The highest BCUT2D eigenvalue weighted by atomic mass is 28.4. The number of carbonyl (C=O) groups is 1. The van der Waals surface area contributed by atoms with Crippen molar-refractivity contribution in [2.75, 3.05) is 26.8 Å². The summed E-state index contributed by atoms with van der Waals surface area (Å²) in [7, 11) is -0.744. The third-order valence-electron chi connectivity index (χ3n) is 8.16. The summed E-state index contributed by atoms with van der Waals surface area (Å²) in [6, 6.07) is 10.8. The van der Waals surface area contributed by atoms with Crippen LogP contribution in [0.25, 0.3) is 0 Å². The Hall–Kier alpha value is -3.26. The number of oxime groups is 1. The van der Waals surface area contributed by atoms with Crippen LogP contribution in [0.15, 0.2) is 57.3 Å². The van der Waals surface area contributed by atoms with Crippen LogP contribution < -0.4 is 11.2 Å². The van der Waals surface area contributed by atoms with Gasteiger partial charge in [0, 0.05) is 45.3 Å². The molecule has 0 saturated carbocycles. The average molecular weight is 603 g/mol. The molecule has 4 atom stereocenters. The fourth-order valence-electron chi connectivity index (χ4n) is 4.66. The molecule has 3 heterocycles. The zero-order valence-electron chi connectivity index (χ0n) is 25.2. The third-order valence-corrected chi connectivity index (χ3v) is 12.6. The summed E-state index contributed by atoms with van der Waals surface area (Å²) in [5.74, 6) is 0. The van der Waals surface area contributed by atoms with E-state index in [4.69, 9.17) is 23.5 Å². The van der Waals surface area contributed by atoms with Gasteiger partial charge < -0.3 is 28.4 Å². The molecule has 0 aliphatic carbocycles. The number of hydrogen-bond acceptors (Lipinski definition) is 9. The molecule has 0 spiro atoms. The number of aromatic nitrogens is 2. The van der Waals surface area contributed by atoms with Gasteiger partial charge in [0.05, 0.1) is 5.71 Å². The van der Waals surface area contributed by atoms with Gasteiger partial charge in [-0.2, -0.15) is 0 Å². The number of hydrogen-bond donors (Lipinski definition) is 1. The number of benzene rings is 1. The van der Waals surface area contributed by atoms with E-state index in [1.165, 1.54) is 16.8 Å². The lowest BCUT2D eigenvalue weighted by atomic mass is 10.1. The Kier molecular flexibility index (Phi) is 10.1. The predicted octanol–water partition coefficient (Wildman–Crippen LogP) is 3.64. The number of likely N-dealkylation sites (tertiary alicyclic amines) is 1. The lowest BCUT2D eigenvalue weighted by Gasteiger charge is -2.40. The summed E-state index contributed by atoms with van der Waals surface area (Å²) in [5, 5.41) is 4.27. The Bertz CT molecular complexity index is 1340. The van der Waals surface area contributed by atoms with Gasteiger partial charge in [0.2, 0.25) is 0 Å². The molecule has 1 aromatic carbocycles. The lowest BCUT2D eigenvalue weighted by Crippen LogP contribution is -2.50. The van der Waals surface area contributed by atoms with Crippen molar-refractivity contribution in [2.45, 2.75) is 82.9 Å². The summed E-state index contributed by atoms with van der Waals surface area (Å²) in [6.45, 7) is 12.0. The monoisotopic (exact) mass is 602 g/mol. The number of amides is 1. The highest BCUT2D eigenvalue weighted by Gasteiger charge is 2.51. The van der Waals surface area contributed by atoms with E-state index in [0.29, 0.717) is 25.9 Å². The first-order chi connectivity index (χ1) is 19.9. The molecule has 42 heavy (non-hydrogen) atoms. The Morgan fingerprint density at radius 2 is 1.79 bits per heavy atom. The zero-order chi connectivity index (χ0) is 30.5. The van der Waals surface area contributed by atoms with E-state index in [0.717, 1.165) is 11.3 Å². The molecule has 1 aromatic heterocycles. The van der Waals surface area contributed by atoms with E-state index in [2.05, 4.69) is 44.0 Å². The standard InChI is InChI=1S/C29H42N4O8Si/c1-29(2,3)42(5,6)41-24-22(40-26(25(24)37-4)33-17-14-23(34)30-27(33)35)19-39-31-21-12-15-32(16-13-21)28(36)38-18-20-10-8-7-9-11-20/h7-11,14,17,22,24-26H,12-13,15-16,18-19H2,1-6H3,(H,30,34,35)/t22-,24?,25?,26-/m1/s1. The molecule has 2 aromatic rings. The van der Waals surface area contributed by atoms with Gasteiger partial charge >= 0.3 is 11.8 Å². The molecule has 2 saturated heterocycles. The molecule has 0 radical (unpaired) electrons. The number of carbonyl (C=O) groups excluding carboxylic acids is 1. The fraction of sp³-hybridized carbons (Fsp3) is 0.586. The van der Waals surface area contributed by atoms with Crippen LogP contribution >= 0.6 is 0 Å². The van der Waals surface area contributed by atoms with Gasteiger partial charge in [-0.25, -0.2) is 9.59 Å². The molecule has 4 rings (SSSR count). The summed E-state index contributed by atoms with van der Waals surface area (Å²) in [6.07, 6.45) is -0.430. The number of ether oxygens (including phenoxy) is 3. The molecule has 0 bridgehead atoms. The minimum absolute atomic E-state index is 0.0695. The summed E-state index contributed by atoms with van der Waals surface area (Å²) in [5.41, 5.74) is 0.672. The zero-order valence-corrected chi connectivity index (χ0v) is 26.2. The molecule has 2 aliphatic rings. The van der Waals surface area contributed by atoms with E-state index in [1.807, 2.05) is 30.3 Å².